The van der Waals surface area contributed by atoms with Crippen LogP contribution >= 0.6 is 69.6 Å². The van der Waals surface area contributed by atoms with Crippen LogP contribution in [0.2, 0.25) is 30.8 Å². The number of pyridine rings is 2. The van der Waals surface area contributed by atoms with Crippen LogP contribution < -0.4 is 4.74 Å². The van der Waals surface area contributed by atoms with Crippen molar-refractivity contribution < 1.29 is 9.84 Å². The van der Waals surface area contributed by atoms with Crippen LogP contribution in [0.1, 0.15) is 11.1 Å². The normalized spacial score (nSPS) is 10.5. The Bertz CT molecular complexity index is 3310. The summed E-state index contributed by atoms with van der Waals surface area (Å²) < 4.78 is 9.29. The third kappa shape index (κ3) is 14.3. The lowest BCUT2D eigenvalue weighted by Crippen LogP contribution is -2.06. The molecule has 0 radical (unpaired) electrons. The van der Waals surface area contributed by atoms with Crippen molar-refractivity contribution in [2.75, 3.05) is 13.2 Å². The van der Waals surface area contributed by atoms with Gasteiger partial charge in [0.25, 0.3) is 0 Å². The lowest BCUT2D eigenvalue weighted by atomic mass is 10.2. The summed E-state index contributed by atoms with van der Waals surface area (Å²) >= 11 is 34.4. The van der Waals surface area contributed by atoms with E-state index in [4.69, 9.17) is 79.4 Å². The molecule has 0 saturated carbocycles. The lowest BCUT2D eigenvalue weighted by molar-refractivity contribution is 0.296. The molecule has 0 fully saturated rings. The monoisotopic (exact) mass is 1040 g/mol. The molecule has 11 aromatic rings. The van der Waals surface area contributed by atoms with Crippen molar-refractivity contribution in [3.63, 3.8) is 0 Å². The Hall–Kier alpha value is -6.89. The average molecular weight is 1040 g/mol. The van der Waals surface area contributed by atoms with Gasteiger partial charge in [0.15, 0.2) is 16.8 Å². The molecule has 0 saturated heterocycles. The van der Waals surface area contributed by atoms with Gasteiger partial charge in [0, 0.05) is 37.8 Å². The minimum atomic E-state index is 0.101. The second-order valence-electron chi connectivity index (χ2n) is 13.8. The van der Waals surface area contributed by atoms with Gasteiger partial charge in [0.2, 0.25) is 10.6 Å². The highest BCUT2D eigenvalue weighted by molar-refractivity contribution is 6.41. The van der Waals surface area contributed by atoms with E-state index >= 15 is 0 Å². The maximum Gasteiger partial charge on any atom is 0.318 e. The molecule has 0 bridgehead atoms. The van der Waals surface area contributed by atoms with Crippen molar-refractivity contribution in [3.8, 4) is 17.6 Å². The summed E-state index contributed by atoms with van der Waals surface area (Å²) in [6.07, 6.45) is 17.9. The van der Waals surface area contributed by atoms with E-state index in [9.17, 15) is 0 Å². The van der Waals surface area contributed by atoms with E-state index in [1.165, 1.54) is 12.4 Å². The maximum atomic E-state index is 8.50. The van der Waals surface area contributed by atoms with Crippen LogP contribution in [-0.2, 0) is 12.8 Å². The van der Waals surface area contributed by atoms with Gasteiger partial charge in [-0.3, -0.25) is 19.1 Å². The average Bonchev–Trinajstić information content (AvgIpc) is 4.15. The summed E-state index contributed by atoms with van der Waals surface area (Å²) in [6.45, 7) is 0.680. The van der Waals surface area contributed by atoms with Gasteiger partial charge >= 0.3 is 6.01 Å². The van der Waals surface area contributed by atoms with Crippen LogP contribution in [0.4, 0.5) is 0 Å². The first-order valence-corrected chi connectivity index (χ1v) is 22.7. The Morgan fingerprint density at radius 1 is 0.507 bits per heavy atom. The fourth-order valence-electron chi connectivity index (χ4n) is 6.04. The van der Waals surface area contributed by atoms with Crippen molar-refractivity contribution in [2.45, 2.75) is 12.8 Å². The summed E-state index contributed by atoms with van der Waals surface area (Å²) in [5, 5.41) is 10.1. The number of para-hydroxylation sites is 6. The number of hydrogen-bond acceptors (Lipinski definition) is 13. The molecule has 3 aromatic carbocycles. The molecule has 0 aliphatic heterocycles. The molecule has 8 heterocycles. The van der Waals surface area contributed by atoms with Crippen molar-refractivity contribution in [1.82, 2.24) is 68.9 Å². The van der Waals surface area contributed by atoms with E-state index in [1.54, 1.807) is 54.5 Å². The molecule has 0 unspecified atom stereocenters. The van der Waals surface area contributed by atoms with E-state index < -0.39 is 0 Å². The number of aromatic amines is 1. The largest absolute Gasteiger partial charge is 0.463 e. The first kappa shape index (κ1) is 50.0. The van der Waals surface area contributed by atoms with Crippen LogP contribution in [0.25, 0.3) is 44.7 Å². The molecule has 22 heteroatoms. The highest BCUT2D eigenvalue weighted by Gasteiger charge is 2.13. The fraction of sp³-hybridized carbons (Fsp3) is 0.0851. The number of imidazole rings is 3. The maximum absolute atomic E-state index is 8.50. The Balaban J connectivity index is 0.000000138. The van der Waals surface area contributed by atoms with Crippen molar-refractivity contribution >= 4 is 103 Å². The molecule has 16 nitrogen and oxygen atoms in total. The Morgan fingerprint density at radius 3 is 1.58 bits per heavy atom. The van der Waals surface area contributed by atoms with Gasteiger partial charge in [-0.25, -0.2) is 34.9 Å². The molecule has 0 atom stereocenters. The summed E-state index contributed by atoms with van der Waals surface area (Å²) in [5.74, 6) is 1.07. The molecule has 348 valence electrons. The van der Waals surface area contributed by atoms with Crippen molar-refractivity contribution in [1.29, 1.82) is 0 Å². The van der Waals surface area contributed by atoms with Gasteiger partial charge < -0.3 is 14.8 Å². The number of aliphatic hydroxyl groups excluding tert-OH is 1. The fourth-order valence-corrected chi connectivity index (χ4v) is 6.93. The number of H-pyrrole nitrogens is 1. The van der Waals surface area contributed by atoms with Crippen LogP contribution in [0.3, 0.4) is 0 Å². The number of aliphatic hydroxyl groups is 1. The molecule has 69 heavy (non-hydrogen) atoms. The van der Waals surface area contributed by atoms with E-state index in [0.717, 1.165) is 57.1 Å². The summed E-state index contributed by atoms with van der Waals surface area (Å²) in [4.78, 5) is 47.2. The molecule has 0 aliphatic rings. The predicted octanol–water partition coefficient (Wildman–Crippen LogP) is 11.2. The summed E-state index contributed by atoms with van der Waals surface area (Å²) in [5.41, 5.74) is 7.98. The number of hydrogen-bond donors (Lipinski definition) is 2. The zero-order valence-electron chi connectivity index (χ0n) is 35.8. The second kappa shape index (κ2) is 25.5. The number of nitrogens with one attached hydrogen (secondary N) is 1. The summed E-state index contributed by atoms with van der Waals surface area (Å²) in [6, 6.07) is 31.4. The van der Waals surface area contributed by atoms with Crippen LogP contribution in [-0.4, -0.2) is 87.3 Å². The van der Waals surface area contributed by atoms with Gasteiger partial charge in [0.05, 0.1) is 69.6 Å². The number of halogens is 6. The van der Waals surface area contributed by atoms with Crippen molar-refractivity contribution in [2.24, 2.45) is 0 Å². The van der Waals surface area contributed by atoms with Gasteiger partial charge in [-0.2, -0.15) is 9.97 Å². The molecule has 0 spiro atoms. The molecular formula is C47H36Cl6N14O2. The molecule has 0 aliphatic carbocycles. The quantitative estimate of drug-likeness (QED) is 0.108. The first-order valence-electron chi connectivity index (χ1n) is 20.5. The molecule has 0 amide bonds. The highest BCUT2D eigenvalue weighted by Crippen LogP contribution is 2.25. The number of fused-ring (bicyclic) bond motifs is 3. The molecule has 11 rings (SSSR count). The Labute approximate surface area is 424 Å². The van der Waals surface area contributed by atoms with Crippen molar-refractivity contribution in [3.05, 3.63) is 201 Å². The standard InChI is InChI=1S/C18H14ClN5O.C11H6Cl2N4.C7H6N2.C7H9NO.C4HCl3N2/c19-14-11-21-18(25-10-7-13-5-8-20-9-6-13)23-17(14)24-12-22-15-3-1-2-4-16(15)24;12-7-5-14-11(13)16-10(7)17-6-15-8-3-1-2-4-9(8)17;1-2-4-7-6(3-1)8-5-9-7;9-6-3-7-1-4-8-5-2-7;5-2-1-8-4(7)9-3(2)6/h1-6,8-9,11-12H,7,10H2;1-6H;1-5H,(H,8,9);1-2,4-5,9H,3,6H2;1H. The molecular weight excluding hydrogens is 1010 g/mol. The van der Waals surface area contributed by atoms with E-state index in [1.807, 2.05) is 102 Å². The zero-order valence-corrected chi connectivity index (χ0v) is 40.3. The number of rotatable bonds is 8. The Morgan fingerprint density at radius 2 is 1.01 bits per heavy atom. The summed E-state index contributed by atoms with van der Waals surface area (Å²) in [7, 11) is 0. The number of benzene rings is 3. The minimum Gasteiger partial charge on any atom is -0.463 e. The van der Waals surface area contributed by atoms with Gasteiger partial charge in [-0.1, -0.05) is 82.8 Å². The number of nitrogens with zero attached hydrogens (tertiary/aromatic N) is 13. The lowest BCUT2D eigenvalue weighted by Gasteiger charge is -2.09. The van der Waals surface area contributed by atoms with E-state index in [-0.39, 0.29) is 28.3 Å². The van der Waals surface area contributed by atoms with Crippen LogP contribution in [0.5, 0.6) is 6.01 Å². The number of ether oxygens (including phenoxy) is 1. The van der Waals surface area contributed by atoms with Gasteiger partial charge in [-0.15, -0.1) is 0 Å². The van der Waals surface area contributed by atoms with Gasteiger partial charge in [-0.05, 0) is 101 Å². The van der Waals surface area contributed by atoms with Crippen LogP contribution in [0.15, 0.2) is 159 Å². The minimum absolute atomic E-state index is 0.101. The highest BCUT2D eigenvalue weighted by atomic mass is 35.5. The number of aromatic nitrogens is 14. The first-order chi connectivity index (χ1) is 33.7. The smallest absolute Gasteiger partial charge is 0.318 e. The molecule has 8 aromatic heterocycles. The Kier molecular flexibility index (Phi) is 18.5. The predicted molar refractivity (Wildman–Crippen MR) is 270 cm³/mol. The second-order valence-corrected chi connectivity index (χ2v) is 16.1. The molecule has 2 N–H and O–H groups in total. The van der Waals surface area contributed by atoms with Crippen LogP contribution in [0, 0.1) is 0 Å². The van der Waals surface area contributed by atoms with E-state index in [0.29, 0.717) is 33.3 Å². The topological polar surface area (TPSA) is 197 Å². The zero-order chi connectivity index (χ0) is 48.4. The SMILES string of the molecule is Clc1cnc(OCCc2ccncc2)nc1-n1cnc2ccccc21.Clc1ncc(Cl)c(-n2cnc3ccccc32)n1.Clc1ncc(Cl)c(Cl)n1.OCCc1ccncc1.c1ccc2[nH]cnc2c1. The third-order valence-electron chi connectivity index (χ3n) is 9.28. The van der Waals surface area contributed by atoms with E-state index in [2.05, 4.69) is 59.8 Å². The van der Waals surface area contributed by atoms with Gasteiger partial charge in [0.1, 0.15) is 22.7 Å². The third-order valence-corrected chi connectivity index (χ3v) is 10.8.